The molecule has 102 valence electrons. The number of benzene rings is 1. The van der Waals surface area contributed by atoms with Crippen LogP contribution >= 0.6 is 38.9 Å². The first-order chi connectivity index (χ1) is 9.13. The highest BCUT2D eigenvalue weighted by atomic mass is 79.9. The van der Waals surface area contributed by atoms with Crippen molar-refractivity contribution in [3.63, 3.8) is 0 Å². The molecule has 0 aliphatic rings. The SMILES string of the molecule is CCC(Oc1ccc(Br)cc1C)c1nc(CCl)cs1. The standard InChI is InChI=1S/C14H15BrClNOS/c1-3-12(14-17-11(7-16)8-19-14)18-13-5-4-10(15)6-9(13)2/h4-6,8,12H,3,7H2,1-2H3. The molecule has 5 heteroatoms. The Kier molecular flexibility index (Phi) is 5.25. The highest BCUT2D eigenvalue weighted by Gasteiger charge is 2.16. The zero-order chi connectivity index (χ0) is 13.8. The van der Waals surface area contributed by atoms with Crippen molar-refractivity contribution in [3.8, 4) is 5.75 Å². The number of hydrogen-bond acceptors (Lipinski definition) is 3. The van der Waals surface area contributed by atoms with Gasteiger partial charge in [-0.15, -0.1) is 22.9 Å². The molecule has 1 aromatic heterocycles. The maximum absolute atomic E-state index is 6.08. The smallest absolute Gasteiger partial charge is 0.150 e. The first-order valence-corrected chi connectivity index (χ1v) is 8.27. The van der Waals surface area contributed by atoms with E-state index >= 15 is 0 Å². The zero-order valence-electron chi connectivity index (χ0n) is 10.8. The van der Waals surface area contributed by atoms with Gasteiger partial charge in [-0.25, -0.2) is 4.98 Å². The van der Waals surface area contributed by atoms with Crippen LogP contribution in [-0.4, -0.2) is 4.98 Å². The molecule has 0 saturated carbocycles. The van der Waals surface area contributed by atoms with E-state index in [2.05, 4.69) is 27.8 Å². The first kappa shape index (κ1) is 14.8. The summed E-state index contributed by atoms with van der Waals surface area (Å²) in [5.74, 6) is 1.35. The number of ether oxygens (including phenoxy) is 1. The maximum atomic E-state index is 6.08. The van der Waals surface area contributed by atoms with Gasteiger partial charge in [0, 0.05) is 9.85 Å². The second-order valence-electron chi connectivity index (χ2n) is 4.24. The first-order valence-electron chi connectivity index (χ1n) is 6.07. The van der Waals surface area contributed by atoms with Gasteiger partial charge in [0.05, 0.1) is 11.6 Å². The van der Waals surface area contributed by atoms with Crippen molar-refractivity contribution in [2.75, 3.05) is 0 Å². The number of hydrogen-bond donors (Lipinski definition) is 0. The van der Waals surface area contributed by atoms with Gasteiger partial charge in [0.15, 0.2) is 0 Å². The van der Waals surface area contributed by atoms with Crippen molar-refractivity contribution in [3.05, 3.63) is 44.3 Å². The zero-order valence-corrected chi connectivity index (χ0v) is 14.0. The van der Waals surface area contributed by atoms with Crippen molar-refractivity contribution in [2.45, 2.75) is 32.3 Å². The summed E-state index contributed by atoms with van der Waals surface area (Å²) >= 11 is 10.9. The lowest BCUT2D eigenvalue weighted by Crippen LogP contribution is -2.07. The lowest BCUT2D eigenvalue weighted by molar-refractivity contribution is 0.199. The molecule has 0 bridgehead atoms. The van der Waals surface area contributed by atoms with Crippen LogP contribution in [0.3, 0.4) is 0 Å². The number of thiazole rings is 1. The number of alkyl halides is 1. The maximum Gasteiger partial charge on any atom is 0.150 e. The molecule has 1 unspecified atom stereocenters. The van der Waals surface area contributed by atoms with Gasteiger partial charge in [-0.05, 0) is 37.1 Å². The van der Waals surface area contributed by atoms with E-state index in [9.17, 15) is 0 Å². The third-order valence-electron chi connectivity index (χ3n) is 2.76. The summed E-state index contributed by atoms with van der Waals surface area (Å²) in [4.78, 5) is 4.50. The van der Waals surface area contributed by atoms with Crippen LogP contribution in [0.2, 0.25) is 0 Å². The van der Waals surface area contributed by atoms with Gasteiger partial charge in [-0.1, -0.05) is 22.9 Å². The van der Waals surface area contributed by atoms with Gasteiger partial charge in [0.2, 0.25) is 0 Å². The van der Waals surface area contributed by atoms with Crippen LogP contribution in [0.25, 0.3) is 0 Å². The molecule has 0 aliphatic carbocycles. The average Bonchev–Trinajstić information content (AvgIpc) is 2.86. The lowest BCUT2D eigenvalue weighted by Gasteiger charge is -2.17. The fourth-order valence-corrected chi connectivity index (χ4v) is 3.37. The van der Waals surface area contributed by atoms with Crippen molar-refractivity contribution < 1.29 is 4.74 Å². The Balaban J connectivity index is 2.18. The molecule has 1 heterocycles. The molecule has 0 saturated heterocycles. The molecule has 1 atom stereocenters. The van der Waals surface area contributed by atoms with Gasteiger partial charge >= 0.3 is 0 Å². The third-order valence-corrected chi connectivity index (χ3v) is 4.51. The van der Waals surface area contributed by atoms with Gasteiger partial charge in [-0.2, -0.15) is 0 Å². The predicted octanol–water partition coefficient (Wildman–Crippen LogP) is 5.48. The van der Waals surface area contributed by atoms with Crippen molar-refractivity contribution in [2.24, 2.45) is 0 Å². The molecule has 0 aliphatic heterocycles. The van der Waals surface area contributed by atoms with E-state index in [1.807, 2.05) is 30.5 Å². The molecule has 1 aromatic carbocycles. The summed E-state index contributed by atoms with van der Waals surface area (Å²) in [6.45, 7) is 4.14. The van der Waals surface area contributed by atoms with Crippen LogP contribution in [0.15, 0.2) is 28.1 Å². The van der Waals surface area contributed by atoms with E-state index < -0.39 is 0 Å². The van der Waals surface area contributed by atoms with E-state index in [1.165, 1.54) is 0 Å². The van der Waals surface area contributed by atoms with Crippen LogP contribution in [-0.2, 0) is 5.88 Å². The molecule has 0 radical (unpaired) electrons. The van der Waals surface area contributed by atoms with Crippen LogP contribution in [0.1, 0.15) is 35.7 Å². The minimum absolute atomic E-state index is 0.0122. The second kappa shape index (κ2) is 6.73. The van der Waals surface area contributed by atoms with E-state index in [1.54, 1.807) is 11.3 Å². The molecule has 2 aromatic rings. The van der Waals surface area contributed by atoms with E-state index in [4.69, 9.17) is 16.3 Å². The molecule has 0 N–H and O–H groups in total. The molecule has 2 rings (SSSR count). The minimum atomic E-state index is -0.0122. The Morgan fingerprint density at radius 2 is 2.26 bits per heavy atom. The largest absolute Gasteiger partial charge is 0.483 e. The Bertz CT molecular complexity index is 558. The monoisotopic (exact) mass is 359 g/mol. The molecular weight excluding hydrogens is 346 g/mol. The Morgan fingerprint density at radius 3 is 2.84 bits per heavy atom. The van der Waals surface area contributed by atoms with Gasteiger partial charge in [-0.3, -0.25) is 0 Å². The highest BCUT2D eigenvalue weighted by molar-refractivity contribution is 9.10. The van der Waals surface area contributed by atoms with Crippen LogP contribution in [0.5, 0.6) is 5.75 Å². The van der Waals surface area contributed by atoms with Crippen LogP contribution < -0.4 is 4.74 Å². The Hall–Kier alpha value is -0.580. The number of aromatic nitrogens is 1. The predicted molar refractivity (Wildman–Crippen MR) is 84.2 cm³/mol. The summed E-state index contributed by atoms with van der Waals surface area (Å²) in [5.41, 5.74) is 2.03. The van der Waals surface area contributed by atoms with Gasteiger partial charge in [0.25, 0.3) is 0 Å². The Morgan fingerprint density at radius 1 is 1.47 bits per heavy atom. The fraction of sp³-hybridized carbons (Fsp3) is 0.357. The quantitative estimate of drug-likeness (QED) is 0.658. The summed E-state index contributed by atoms with van der Waals surface area (Å²) < 4.78 is 7.14. The molecule has 0 fully saturated rings. The second-order valence-corrected chi connectivity index (χ2v) is 6.31. The summed E-state index contributed by atoms with van der Waals surface area (Å²) in [6, 6.07) is 6.02. The van der Waals surface area contributed by atoms with E-state index in [0.29, 0.717) is 5.88 Å². The minimum Gasteiger partial charge on any atom is -0.483 e. The topological polar surface area (TPSA) is 22.1 Å². The van der Waals surface area contributed by atoms with E-state index in [-0.39, 0.29) is 6.10 Å². The number of aryl methyl sites for hydroxylation is 1. The highest BCUT2D eigenvalue weighted by Crippen LogP contribution is 2.30. The van der Waals surface area contributed by atoms with Crippen LogP contribution in [0.4, 0.5) is 0 Å². The summed E-state index contributed by atoms with van der Waals surface area (Å²) in [6.07, 6.45) is 0.868. The van der Waals surface area contributed by atoms with E-state index in [0.717, 1.165) is 32.9 Å². The van der Waals surface area contributed by atoms with Crippen molar-refractivity contribution in [1.29, 1.82) is 0 Å². The van der Waals surface area contributed by atoms with Gasteiger partial charge in [0.1, 0.15) is 16.9 Å². The molecule has 19 heavy (non-hydrogen) atoms. The lowest BCUT2D eigenvalue weighted by atomic mass is 10.2. The molecule has 0 amide bonds. The molecule has 0 spiro atoms. The third kappa shape index (κ3) is 3.71. The van der Waals surface area contributed by atoms with Crippen molar-refractivity contribution >= 4 is 38.9 Å². The molecule has 2 nitrogen and oxygen atoms in total. The Labute approximate surface area is 130 Å². The average molecular weight is 361 g/mol. The fourth-order valence-electron chi connectivity index (χ4n) is 1.74. The number of nitrogens with zero attached hydrogens (tertiary/aromatic N) is 1. The van der Waals surface area contributed by atoms with Gasteiger partial charge < -0.3 is 4.74 Å². The normalized spacial score (nSPS) is 12.4. The number of halogens is 2. The number of rotatable bonds is 5. The van der Waals surface area contributed by atoms with Crippen LogP contribution in [0, 0.1) is 6.92 Å². The molecular formula is C14H15BrClNOS. The summed E-state index contributed by atoms with van der Waals surface area (Å²) in [5, 5.41) is 2.98. The summed E-state index contributed by atoms with van der Waals surface area (Å²) in [7, 11) is 0. The van der Waals surface area contributed by atoms with Crippen molar-refractivity contribution in [1.82, 2.24) is 4.98 Å².